The van der Waals surface area contributed by atoms with Gasteiger partial charge in [0, 0.05) is 18.9 Å². The van der Waals surface area contributed by atoms with Gasteiger partial charge in [0.2, 0.25) is 0 Å². The molecule has 2 nitrogen and oxygen atoms in total. The van der Waals surface area contributed by atoms with Crippen LogP contribution in [0.4, 0.5) is 0 Å². The predicted octanol–water partition coefficient (Wildman–Crippen LogP) is 6.24. The van der Waals surface area contributed by atoms with Crippen molar-refractivity contribution in [3.8, 4) is 0 Å². The monoisotopic (exact) mass is 316 g/mol. The third kappa shape index (κ3) is 6.53. The van der Waals surface area contributed by atoms with Crippen molar-refractivity contribution >= 4 is 0 Å². The SMILES string of the molecule is CCCCCCC/C=C/[C@@H]1CCC(C)(C)C[C@H]1Cn1ccnc1. The smallest absolute Gasteiger partial charge is 0.0946 e. The molecule has 1 heterocycles. The minimum absolute atomic E-state index is 0.496. The first-order chi connectivity index (χ1) is 11.1. The first-order valence-electron chi connectivity index (χ1n) is 9.73. The van der Waals surface area contributed by atoms with Crippen molar-refractivity contribution in [2.24, 2.45) is 17.3 Å². The number of imidazole rings is 1. The fourth-order valence-corrected chi connectivity index (χ4v) is 4.01. The molecule has 1 aliphatic rings. The van der Waals surface area contributed by atoms with Crippen LogP contribution in [0, 0.1) is 17.3 Å². The molecule has 1 fully saturated rings. The highest BCUT2D eigenvalue weighted by Crippen LogP contribution is 2.43. The van der Waals surface area contributed by atoms with Crippen LogP contribution in [0.5, 0.6) is 0 Å². The van der Waals surface area contributed by atoms with Crippen LogP contribution in [-0.2, 0) is 6.54 Å². The minimum atomic E-state index is 0.496. The zero-order chi connectivity index (χ0) is 16.5. The maximum absolute atomic E-state index is 4.20. The molecule has 1 saturated carbocycles. The Morgan fingerprint density at radius 1 is 1.22 bits per heavy atom. The molecule has 0 saturated heterocycles. The lowest BCUT2D eigenvalue weighted by atomic mass is 9.67. The maximum atomic E-state index is 4.20. The average Bonchev–Trinajstić information content (AvgIpc) is 3.01. The second kappa shape index (κ2) is 9.30. The largest absolute Gasteiger partial charge is 0.337 e. The third-order valence-electron chi connectivity index (χ3n) is 5.44. The second-order valence-corrected chi connectivity index (χ2v) is 8.22. The van der Waals surface area contributed by atoms with Gasteiger partial charge in [-0.05, 0) is 49.4 Å². The normalized spacial score (nSPS) is 24.3. The standard InChI is InChI=1S/C21H36N2/c1-4-5-6-7-8-9-10-11-19-12-13-21(2,3)16-20(19)17-23-15-14-22-18-23/h10-11,14-15,18-20H,4-9,12-13,16-17H2,1-3H3/b11-10+/t19-,20+/m1/s1. The van der Waals surface area contributed by atoms with E-state index in [1.54, 1.807) is 0 Å². The molecule has 0 aliphatic heterocycles. The number of unbranched alkanes of at least 4 members (excludes halogenated alkanes) is 5. The Morgan fingerprint density at radius 3 is 2.78 bits per heavy atom. The molecular formula is C21H36N2. The van der Waals surface area contributed by atoms with Crippen molar-refractivity contribution in [3.05, 3.63) is 30.9 Å². The summed E-state index contributed by atoms with van der Waals surface area (Å²) in [5, 5.41) is 0. The van der Waals surface area contributed by atoms with E-state index in [4.69, 9.17) is 0 Å². The summed E-state index contributed by atoms with van der Waals surface area (Å²) in [5.74, 6) is 1.50. The van der Waals surface area contributed by atoms with Crippen LogP contribution < -0.4 is 0 Å². The molecule has 1 aliphatic carbocycles. The van der Waals surface area contributed by atoms with Gasteiger partial charge in [0.15, 0.2) is 0 Å². The van der Waals surface area contributed by atoms with Gasteiger partial charge in [-0.2, -0.15) is 0 Å². The Bertz CT molecular complexity index is 444. The average molecular weight is 317 g/mol. The summed E-state index contributed by atoms with van der Waals surface area (Å²) in [5.41, 5.74) is 0.496. The summed E-state index contributed by atoms with van der Waals surface area (Å²) in [6, 6.07) is 0. The van der Waals surface area contributed by atoms with E-state index in [1.807, 2.05) is 12.5 Å². The van der Waals surface area contributed by atoms with E-state index in [-0.39, 0.29) is 0 Å². The van der Waals surface area contributed by atoms with Gasteiger partial charge in [0.05, 0.1) is 6.33 Å². The molecule has 23 heavy (non-hydrogen) atoms. The van der Waals surface area contributed by atoms with Gasteiger partial charge >= 0.3 is 0 Å². The quantitative estimate of drug-likeness (QED) is 0.389. The van der Waals surface area contributed by atoms with Crippen molar-refractivity contribution in [1.82, 2.24) is 9.55 Å². The summed E-state index contributed by atoms with van der Waals surface area (Å²) in [7, 11) is 0. The van der Waals surface area contributed by atoms with Crippen LogP contribution in [0.2, 0.25) is 0 Å². The summed E-state index contributed by atoms with van der Waals surface area (Å²) in [6.07, 6.45) is 23.2. The van der Waals surface area contributed by atoms with Crippen LogP contribution in [0.1, 0.15) is 78.6 Å². The Balaban J connectivity index is 1.82. The van der Waals surface area contributed by atoms with Crippen molar-refractivity contribution in [2.45, 2.75) is 85.1 Å². The van der Waals surface area contributed by atoms with Crippen molar-refractivity contribution in [1.29, 1.82) is 0 Å². The molecule has 2 heteroatoms. The molecule has 1 aromatic rings. The van der Waals surface area contributed by atoms with E-state index >= 15 is 0 Å². The molecule has 1 aromatic heterocycles. The Morgan fingerprint density at radius 2 is 2.04 bits per heavy atom. The predicted molar refractivity (Wildman–Crippen MR) is 99.4 cm³/mol. The molecule has 2 rings (SSSR count). The Kier molecular flexibility index (Phi) is 7.39. The van der Waals surface area contributed by atoms with E-state index < -0.39 is 0 Å². The number of allylic oxidation sites excluding steroid dienone is 2. The van der Waals surface area contributed by atoms with Crippen LogP contribution in [0.25, 0.3) is 0 Å². The van der Waals surface area contributed by atoms with Gasteiger partial charge in [-0.15, -0.1) is 0 Å². The summed E-state index contributed by atoms with van der Waals surface area (Å²) < 4.78 is 2.26. The fraction of sp³-hybridized carbons (Fsp3) is 0.762. The molecule has 0 N–H and O–H groups in total. The molecule has 0 radical (unpaired) electrons. The number of hydrogen-bond acceptors (Lipinski definition) is 1. The van der Waals surface area contributed by atoms with Crippen molar-refractivity contribution in [2.75, 3.05) is 0 Å². The highest BCUT2D eigenvalue weighted by atomic mass is 15.0. The van der Waals surface area contributed by atoms with Crippen molar-refractivity contribution < 1.29 is 0 Å². The summed E-state index contributed by atoms with van der Waals surface area (Å²) in [6.45, 7) is 8.27. The van der Waals surface area contributed by atoms with E-state index in [0.717, 1.165) is 18.4 Å². The second-order valence-electron chi connectivity index (χ2n) is 8.22. The summed E-state index contributed by atoms with van der Waals surface area (Å²) >= 11 is 0. The molecule has 0 unspecified atom stereocenters. The van der Waals surface area contributed by atoms with Gasteiger partial charge in [0.25, 0.3) is 0 Å². The van der Waals surface area contributed by atoms with Gasteiger partial charge in [-0.25, -0.2) is 4.98 Å². The van der Waals surface area contributed by atoms with Crippen LogP contribution in [0.15, 0.2) is 30.9 Å². The molecule has 2 atom stereocenters. The number of hydrogen-bond donors (Lipinski definition) is 0. The van der Waals surface area contributed by atoms with Gasteiger partial charge in [-0.1, -0.05) is 58.6 Å². The molecule has 0 bridgehead atoms. The van der Waals surface area contributed by atoms with E-state index in [9.17, 15) is 0 Å². The zero-order valence-electron chi connectivity index (χ0n) is 15.5. The fourth-order valence-electron chi connectivity index (χ4n) is 4.01. The van der Waals surface area contributed by atoms with Crippen LogP contribution in [0.3, 0.4) is 0 Å². The molecule has 0 amide bonds. The van der Waals surface area contributed by atoms with Gasteiger partial charge in [-0.3, -0.25) is 0 Å². The number of nitrogens with zero attached hydrogens (tertiary/aromatic N) is 2. The first-order valence-corrected chi connectivity index (χ1v) is 9.73. The van der Waals surface area contributed by atoms with Gasteiger partial charge < -0.3 is 4.57 Å². The van der Waals surface area contributed by atoms with Crippen molar-refractivity contribution in [3.63, 3.8) is 0 Å². The first kappa shape index (κ1) is 18.3. The Labute approximate surface area is 143 Å². The third-order valence-corrected chi connectivity index (χ3v) is 5.44. The lowest BCUT2D eigenvalue weighted by Crippen LogP contribution is -2.31. The van der Waals surface area contributed by atoms with E-state index in [2.05, 4.69) is 48.7 Å². The molecule has 0 aromatic carbocycles. The van der Waals surface area contributed by atoms with E-state index in [1.165, 1.54) is 57.8 Å². The van der Waals surface area contributed by atoms with Crippen LogP contribution in [-0.4, -0.2) is 9.55 Å². The highest BCUT2D eigenvalue weighted by Gasteiger charge is 2.33. The Hall–Kier alpha value is -1.05. The number of rotatable bonds is 9. The van der Waals surface area contributed by atoms with Crippen LogP contribution >= 0.6 is 0 Å². The molecular weight excluding hydrogens is 280 g/mol. The lowest BCUT2D eigenvalue weighted by molar-refractivity contribution is 0.128. The topological polar surface area (TPSA) is 17.8 Å². The number of aromatic nitrogens is 2. The minimum Gasteiger partial charge on any atom is -0.337 e. The zero-order valence-corrected chi connectivity index (χ0v) is 15.5. The van der Waals surface area contributed by atoms with Gasteiger partial charge in [0.1, 0.15) is 0 Å². The summed E-state index contributed by atoms with van der Waals surface area (Å²) in [4.78, 5) is 4.20. The van der Waals surface area contributed by atoms with E-state index in [0.29, 0.717) is 5.41 Å². The lowest BCUT2D eigenvalue weighted by Gasteiger charge is -2.40. The highest BCUT2D eigenvalue weighted by molar-refractivity contribution is 4.97. The molecule has 130 valence electrons. The molecule has 0 spiro atoms. The maximum Gasteiger partial charge on any atom is 0.0946 e.